The third-order valence-electron chi connectivity index (χ3n) is 5.43. The molecule has 3 heterocycles. The van der Waals surface area contributed by atoms with E-state index in [1.54, 1.807) is 21.7 Å². The summed E-state index contributed by atoms with van der Waals surface area (Å²) in [5, 5.41) is 21.2. The number of hydrogen-bond acceptors (Lipinski definition) is 8. The van der Waals surface area contributed by atoms with Crippen molar-refractivity contribution in [2.45, 2.75) is 13.0 Å². The number of amides is 1. The number of morpholine rings is 1. The molecule has 1 aliphatic heterocycles. The molecule has 0 aliphatic carbocycles. The van der Waals surface area contributed by atoms with E-state index in [1.807, 2.05) is 12.1 Å². The van der Waals surface area contributed by atoms with E-state index in [1.165, 1.54) is 12.1 Å². The van der Waals surface area contributed by atoms with Gasteiger partial charge in [-0.1, -0.05) is 10.4 Å². The van der Waals surface area contributed by atoms with E-state index in [4.69, 9.17) is 14.5 Å². The fraction of sp³-hybridized carbons (Fsp3) is 0.273. The molecule has 10 nitrogen and oxygen atoms in total. The SMILES string of the molecule is N#Cc1ccc(-c2nc(-c3ccc4c(c3)nnn4CCC(=O)N3CCOCC3)no2)c(F)c1. The van der Waals surface area contributed by atoms with Crippen LogP contribution in [-0.2, 0) is 16.1 Å². The summed E-state index contributed by atoms with van der Waals surface area (Å²) >= 11 is 0. The van der Waals surface area contributed by atoms with Gasteiger partial charge in [0.1, 0.15) is 11.3 Å². The topological polar surface area (TPSA) is 123 Å². The van der Waals surface area contributed by atoms with Crippen LogP contribution in [0.25, 0.3) is 33.9 Å². The van der Waals surface area contributed by atoms with Gasteiger partial charge in [-0.15, -0.1) is 5.10 Å². The largest absolute Gasteiger partial charge is 0.378 e. The zero-order valence-electron chi connectivity index (χ0n) is 17.4. The van der Waals surface area contributed by atoms with E-state index in [2.05, 4.69) is 20.5 Å². The Morgan fingerprint density at radius 2 is 2.03 bits per heavy atom. The smallest absolute Gasteiger partial charge is 0.261 e. The van der Waals surface area contributed by atoms with Crippen molar-refractivity contribution in [1.29, 1.82) is 5.26 Å². The van der Waals surface area contributed by atoms with Gasteiger partial charge in [-0.05, 0) is 36.4 Å². The number of aromatic nitrogens is 5. The van der Waals surface area contributed by atoms with E-state index in [0.29, 0.717) is 50.3 Å². The number of nitrogens with zero attached hydrogens (tertiary/aromatic N) is 7. The van der Waals surface area contributed by atoms with Crippen LogP contribution in [0.15, 0.2) is 40.9 Å². The fourth-order valence-corrected chi connectivity index (χ4v) is 3.66. The van der Waals surface area contributed by atoms with Crippen molar-refractivity contribution < 1.29 is 18.4 Å². The Hall–Kier alpha value is -4.17. The maximum atomic E-state index is 14.3. The molecular formula is C22H18FN7O3. The molecule has 0 unspecified atom stereocenters. The van der Waals surface area contributed by atoms with Crippen LogP contribution < -0.4 is 0 Å². The van der Waals surface area contributed by atoms with Gasteiger partial charge in [-0.2, -0.15) is 10.2 Å². The number of nitriles is 1. The van der Waals surface area contributed by atoms with E-state index >= 15 is 0 Å². The van der Waals surface area contributed by atoms with Gasteiger partial charge in [-0.25, -0.2) is 9.07 Å². The molecule has 166 valence electrons. The van der Waals surface area contributed by atoms with Crippen molar-refractivity contribution in [3.8, 4) is 28.9 Å². The number of carbonyl (C=O) groups is 1. The van der Waals surface area contributed by atoms with Gasteiger partial charge in [-0.3, -0.25) is 4.79 Å². The summed E-state index contributed by atoms with van der Waals surface area (Å²) in [5.41, 5.74) is 2.33. The third kappa shape index (κ3) is 4.16. The molecule has 2 aromatic heterocycles. The molecule has 0 radical (unpaired) electrons. The summed E-state index contributed by atoms with van der Waals surface area (Å²) in [6.45, 7) is 2.77. The Morgan fingerprint density at radius 3 is 2.82 bits per heavy atom. The van der Waals surface area contributed by atoms with E-state index in [9.17, 15) is 9.18 Å². The van der Waals surface area contributed by atoms with Crippen LogP contribution >= 0.6 is 0 Å². The summed E-state index contributed by atoms with van der Waals surface area (Å²) in [6.07, 6.45) is 0.324. The minimum absolute atomic E-state index is 0.0115. The molecule has 33 heavy (non-hydrogen) atoms. The van der Waals surface area contributed by atoms with Crippen LogP contribution in [0.1, 0.15) is 12.0 Å². The monoisotopic (exact) mass is 447 g/mol. The normalized spacial score (nSPS) is 13.9. The predicted octanol–water partition coefficient (Wildman–Crippen LogP) is 2.41. The van der Waals surface area contributed by atoms with Crippen molar-refractivity contribution in [2.75, 3.05) is 26.3 Å². The second kappa shape index (κ2) is 8.76. The van der Waals surface area contributed by atoms with Gasteiger partial charge < -0.3 is 14.2 Å². The zero-order chi connectivity index (χ0) is 22.8. The first kappa shape index (κ1) is 20.7. The average Bonchev–Trinajstić information content (AvgIpc) is 3.50. The van der Waals surface area contributed by atoms with Crippen LogP contribution in [0.4, 0.5) is 4.39 Å². The number of carbonyl (C=O) groups excluding carboxylic acids is 1. The third-order valence-corrected chi connectivity index (χ3v) is 5.43. The van der Waals surface area contributed by atoms with Crippen molar-refractivity contribution in [3.63, 3.8) is 0 Å². The number of hydrogen-bond donors (Lipinski definition) is 0. The second-order valence-electron chi connectivity index (χ2n) is 7.49. The van der Waals surface area contributed by atoms with Crippen LogP contribution in [0.5, 0.6) is 0 Å². The fourth-order valence-electron chi connectivity index (χ4n) is 3.66. The van der Waals surface area contributed by atoms with Crippen LogP contribution in [0.3, 0.4) is 0 Å². The zero-order valence-corrected chi connectivity index (χ0v) is 17.4. The first-order valence-corrected chi connectivity index (χ1v) is 10.4. The molecule has 1 fully saturated rings. The maximum absolute atomic E-state index is 14.3. The van der Waals surface area contributed by atoms with Gasteiger partial charge in [0.15, 0.2) is 0 Å². The van der Waals surface area contributed by atoms with Gasteiger partial charge in [0.25, 0.3) is 5.89 Å². The molecular weight excluding hydrogens is 429 g/mol. The Morgan fingerprint density at radius 1 is 1.18 bits per heavy atom. The van der Waals surface area contributed by atoms with Crippen LogP contribution in [0, 0.1) is 17.1 Å². The van der Waals surface area contributed by atoms with Gasteiger partial charge in [0.05, 0.1) is 42.5 Å². The molecule has 2 aromatic carbocycles. The van der Waals surface area contributed by atoms with Gasteiger partial charge in [0, 0.05) is 25.1 Å². The highest BCUT2D eigenvalue weighted by Crippen LogP contribution is 2.26. The number of aryl methyl sites for hydroxylation is 1. The molecule has 1 aliphatic rings. The lowest BCUT2D eigenvalue weighted by molar-refractivity contribution is -0.135. The first-order valence-electron chi connectivity index (χ1n) is 10.4. The number of ether oxygens (including phenoxy) is 1. The van der Waals surface area contributed by atoms with Gasteiger partial charge in [0.2, 0.25) is 11.7 Å². The molecule has 0 spiro atoms. The molecule has 0 saturated carbocycles. The molecule has 4 aromatic rings. The Balaban J connectivity index is 1.33. The predicted molar refractivity (Wildman–Crippen MR) is 113 cm³/mol. The van der Waals surface area contributed by atoms with Gasteiger partial charge >= 0.3 is 0 Å². The van der Waals surface area contributed by atoms with Crippen LogP contribution in [0.2, 0.25) is 0 Å². The van der Waals surface area contributed by atoms with Crippen molar-refractivity contribution in [1.82, 2.24) is 30.0 Å². The molecule has 0 bridgehead atoms. The summed E-state index contributed by atoms with van der Waals surface area (Å²) in [4.78, 5) is 18.5. The van der Waals surface area contributed by atoms with E-state index in [-0.39, 0.29) is 28.7 Å². The van der Waals surface area contributed by atoms with E-state index in [0.717, 1.165) is 11.6 Å². The minimum Gasteiger partial charge on any atom is -0.378 e. The highest BCUT2D eigenvalue weighted by molar-refractivity contribution is 5.80. The molecule has 11 heteroatoms. The number of fused-ring (bicyclic) bond motifs is 1. The lowest BCUT2D eigenvalue weighted by Crippen LogP contribution is -2.41. The van der Waals surface area contributed by atoms with E-state index < -0.39 is 5.82 Å². The maximum Gasteiger partial charge on any atom is 0.261 e. The summed E-state index contributed by atoms with van der Waals surface area (Å²) < 4.78 is 26.4. The first-order chi connectivity index (χ1) is 16.1. The minimum atomic E-state index is -0.616. The lowest BCUT2D eigenvalue weighted by atomic mass is 10.1. The Bertz CT molecular complexity index is 1370. The highest BCUT2D eigenvalue weighted by Gasteiger charge is 2.18. The Labute approximate surface area is 187 Å². The van der Waals surface area contributed by atoms with Crippen LogP contribution in [-0.4, -0.2) is 62.2 Å². The van der Waals surface area contributed by atoms with Crippen molar-refractivity contribution in [2.24, 2.45) is 0 Å². The molecule has 1 saturated heterocycles. The lowest BCUT2D eigenvalue weighted by Gasteiger charge is -2.26. The average molecular weight is 447 g/mol. The molecule has 0 atom stereocenters. The molecule has 0 N–H and O–H groups in total. The quantitative estimate of drug-likeness (QED) is 0.457. The van der Waals surface area contributed by atoms with Crippen molar-refractivity contribution >= 4 is 16.9 Å². The summed E-state index contributed by atoms with van der Waals surface area (Å²) in [6, 6.07) is 11.3. The highest BCUT2D eigenvalue weighted by atomic mass is 19.1. The summed E-state index contributed by atoms with van der Waals surface area (Å²) in [5.74, 6) is -0.271. The standard InChI is InChI=1S/C22H18FN7O3/c23-17-11-14(13-24)1-3-16(17)22-25-21(27-33-22)15-2-4-19-18(12-15)26-28-30(19)6-5-20(31)29-7-9-32-10-8-29/h1-4,11-12H,5-10H2. The summed E-state index contributed by atoms with van der Waals surface area (Å²) in [7, 11) is 0. The second-order valence-corrected chi connectivity index (χ2v) is 7.49. The van der Waals surface area contributed by atoms with Crippen molar-refractivity contribution in [3.05, 3.63) is 47.8 Å². The number of benzene rings is 2. The number of halogens is 1. The molecule has 5 rings (SSSR count). The Kier molecular flexibility index (Phi) is 5.50. The molecule has 1 amide bonds. The number of rotatable bonds is 5.